The second kappa shape index (κ2) is 3.84. The molecule has 1 heterocycles. The van der Waals surface area contributed by atoms with Gasteiger partial charge in [0.05, 0.1) is 0 Å². The molecule has 0 saturated carbocycles. The standard InChI is InChI=1S/C10H10BrN3/c1-12-10-13-5-6-14(10)9-4-2-3-8(11)7-9/h2-7H,1H3,(H,12,13). The van der Waals surface area contributed by atoms with E-state index in [9.17, 15) is 0 Å². The van der Waals surface area contributed by atoms with Gasteiger partial charge in [0, 0.05) is 29.6 Å². The second-order valence-electron chi connectivity index (χ2n) is 2.85. The van der Waals surface area contributed by atoms with E-state index in [4.69, 9.17) is 0 Å². The van der Waals surface area contributed by atoms with Crippen molar-refractivity contribution < 1.29 is 0 Å². The highest BCUT2D eigenvalue weighted by molar-refractivity contribution is 9.10. The van der Waals surface area contributed by atoms with Crippen molar-refractivity contribution in [1.82, 2.24) is 9.55 Å². The van der Waals surface area contributed by atoms with E-state index in [1.54, 1.807) is 6.20 Å². The molecule has 2 aromatic rings. The zero-order valence-corrected chi connectivity index (χ0v) is 9.32. The lowest BCUT2D eigenvalue weighted by molar-refractivity contribution is 1.05. The number of benzene rings is 1. The molecule has 0 radical (unpaired) electrons. The Balaban J connectivity index is 2.49. The van der Waals surface area contributed by atoms with Gasteiger partial charge in [0.25, 0.3) is 0 Å². The normalized spacial score (nSPS) is 10.1. The van der Waals surface area contributed by atoms with Gasteiger partial charge in [0.15, 0.2) is 0 Å². The van der Waals surface area contributed by atoms with E-state index in [2.05, 4.69) is 26.2 Å². The lowest BCUT2D eigenvalue weighted by Gasteiger charge is -2.06. The van der Waals surface area contributed by atoms with Gasteiger partial charge in [-0.1, -0.05) is 22.0 Å². The number of rotatable bonds is 2. The summed E-state index contributed by atoms with van der Waals surface area (Å²) in [7, 11) is 1.86. The summed E-state index contributed by atoms with van der Waals surface area (Å²) in [5.41, 5.74) is 1.08. The molecule has 72 valence electrons. The molecule has 1 aromatic heterocycles. The summed E-state index contributed by atoms with van der Waals surface area (Å²) in [5, 5.41) is 3.03. The highest BCUT2D eigenvalue weighted by Gasteiger charge is 2.02. The molecule has 0 aliphatic carbocycles. The molecular weight excluding hydrogens is 242 g/mol. The Kier molecular flexibility index (Phi) is 2.54. The summed E-state index contributed by atoms with van der Waals surface area (Å²) >= 11 is 3.44. The molecular formula is C10H10BrN3. The maximum atomic E-state index is 4.18. The first-order chi connectivity index (χ1) is 6.81. The van der Waals surface area contributed by atoms with E-state index in [0.717, 1.165) is 16.1 Å². The van der Waals surface area contributed by atoms with Crippen molar-refractivity contribution in [3.05, 3.63) is 41.1 Å². The highest BCUT2D eigenvalue weighted by Crippen LogP contribution is 2.18. The fourth-order valence-electron chi connectivity index (χ4n) is 1.32. The third kappa shape index (κ3) is 1.65. The SMILES string of the molecule is CNc1nccn1-c1cccc(Br)c1. The molecule has 0 atom stereocenters. The van der Waals surface area contributed by atoms with Gasteiger partial charge in [-0.25, -0.2) is 4.98 Å². The Bertz CT molecular complexity index is 436. The topological polar surface area (TPSA) is 29.9 Å². The van der Waals surface area contributed by atoms with E-state index in [1.807, 2.05) is 42.1 Å². The first-order valence-corrected chi connectivity index (χ1v) is 5.07. The lowest BCUT2D eigenvalue weighted by atomic mass is 10.3. The van der Waals surface area contributed by atoms with E-state index >= 15 is 0 Å². The van der Waals surface area contributed by atoms with Crippen molar-refractivity contribution in [2.45, 2.75) is 0 Å². The second-order valence-corrected chi connectivity index (χ2v) is 3.77. The third-order valence-electron chi connectivity index (χ3n) is 1.95. The van der Waals surface area contributed by atoms with Crippen molar-refractivity contribution in [2.24, 2.45) is 0 Å². The predicted molar refractivity (Wildman–Crippen MR) is 60.8 cm³/mol. The van der Waals surface area contributed by atoms with E-state index < -0.39 is 0 Å². The Hall–Kier alpha value is -1.29. The van der Waals surface area contributed by atoms with Crippen molar-refractivity contribution in [2.75, 3.05) is 12.4 Å². The van der Waals surface area contributed by atoms with Crippen molar-refractivity contribution in [1.29, 1.82) is 0 Å². The monoisotopic (exact) mass is 251 g/mol. The zero-order valence-electron chi connectivity index (χ0n) is 7.74. The average Bonchev–Trinajstić information content (AvgIpc) is 2.65. The van der Waals surface area contributed by atoms with Gasteiger partial charge in [-0.3, -0.25) is 4.57 Å². The number of imidazole rings is 1. The summed E-state index contributed by atoms with van der Waals surface area (Å²) in [6.45, 7) is 0. The quantitative estimate of drug-likeness (QED) is 0.890. The van der Waals surface area contributed by atoms with Crippen LogP contribution in [0.3, 0.4) is 0 Å². The number of aromatic nitrogens is 2. The molecule has 0 spiro atoms. The van der Waals surface area contributed by atoms with Gasteiger partial charge >= 0.3 is 0 Å². The summed E-state index contributed by atoms with van der Waals surface area (Å²) in [6, 6.07) is 8.08. The van der Waals surface area contributed by atoms with Crippen LogP contribution in [0.2, 0.25) is 0 Å². The molecule has 14 heavy (non-hydrogen) atoms. The van der Waals surface area contributed by atoms with Crippen LogP contribution in [0.5, 0.6) is 0 Å². The van der Waals surface area contributed by atoms with Gasteiger partial charge in [0.1, 0.15) is 0 Å². The van der Waals surface area contributed by atoms with E-state index in [-0.39, 0.29) is 0 Å². The molecule has 1 N–H and O–H groups in total. The Morgan fingerprint density at radius 2 is 2.29 bits per heavy atom. The smallest absolute Gasteiger partial charge is 0.207 e. The van der Waals surface area contributed by atoms with Crippen LogP contribution in [0, 0.1) is 0 Å². The van der Waals surface area contributed by atoms with Crippen LogP contribution in [0.4, 0.5) is 5.95 Å². The lowest BCUT2D eigenvalue weighted by Crippen LogP contribution is -2.00. The van der Waals surface area contributed by atoms with Crippen molar-refractivity contribution in [3.8, 4) is 5.69 Å². The summed E-state index contributed by atoms with van der Waals surface area (Å²) in [5.74, 6) is 0.836. The third-order valence-corrected chi connectivity index (χ3v) is 2.44. The molecule has 0 unspecified atom stereocenters. The fraction of sp³-hybridized carbons (Fsp3) is 0.100. The Labute approximate surface area is 90.9 Å². The minimum atomic E-state index is 0.836. The number of halogens is 1. The van der Waals surface area contributed by atoms with Crippen LogP contribution in [0.25, 0.3) is 5.69 Å². The largest absolute Gasteiger partial charge is 0.358 e. The van der Waals surface area contributed by atoms with Crippen LogP contribution in [-0.2, 0) is 0 Å². The summed E-state index contributed by atoms with van der Waals surface area (Å²) in [4.78, 5) is 4.18. The minimum absolute atomic E-state index is 0.836. The Morgan fingerprint density at radius 3 is 3.00 bits per heavy atom. The van der Waals surface area contributed by atoms with E-state index in [1.165, 1.54) is 0 Å². The number of nitrogens with zero attached hydrogens (tertiary/aromatic N) is 2. The molecule has 0 amide bonds. The Morgan fingerprint density at radius 1 is 1.43 bits per heavy atom. The van der Waals surface area contributed by atoms with Gasteiger partial charge in [0.2, 0.25) is 5.95 Å². The predicted octanol–water partition coefficient (Wildman–Crippen LogP) is 2.68. The molecule has 4 heteroatoms. The molecule has 0 saturated heterocycles. The molecule has 0 aliphatic rings. The average molecular weight is 252 g/mol. The molecule has 3 nitrogen and oxygen atoms in total. The van der Waals surface area contributed by atoms with Crippen LogP contribution in [0.15, 0.2) is 41.1 Å². The van der Waals surface area contributed by atoms with Crippen LogP contribution < -0.4 is 5.32 Å². The summed E-state index contributed by atoms with van der Waals surface area (Å²) in [6.07, 6.45) is 3.69. The van der Waals surface area contributed by atoms with Crippen LogP contribution in [0.1, 0.15) is 0 Å². The number of hydrogen-bond acceptors (Lipinski definition) is 2. The highest BCUT2D eigenvalue weighted by atomic mass is 79.9. The van der Waals surface area contributed by atoms with Crippen LogP contribution >= 0.6 is 15.9 Å². The molecule has 2 rings (SSSR count). The van der Waals surface area contributed by atoms with E-state index in [0.29, 0.717) is 0 Å². The van der Waals surface area contributed by atoms with Gasteiger partial charge in [-0.05, 0) is 18.2 Å². The van der Waals surface area contributed by atoms with Crippen molar-refractivity contribution >= 4 is 21.9 Å². The van der Waals surface area contributed by atoms with Crippen molar-refractivity contribution in [3.63, 3.8) is 0 Å². The van der Waals surface area contributed by atoms with Gasteiger partial charge < -0.3 is 5.32 Å². The molecule has 0 bridgehead atoms. The first kappa shape index (κ1) is 9.27. The number of anilines is 1. The molecule has 0 aliphatic heterocycles. The molecule has 0 fully saturated rings. The number of nitrogens with one attached hydrogen (secondary N) is 1. The maximum Gasteiger partial charge on any atom is 0.207 e. The maximum absolute atomic E-state index is 4.18. The van der Waals surface area contributed by atoms with Gasteiger partial charge in [-0.15, -0.1) is 0 Å². The zero-order chi connectivity index (χ0) is 9.97. The minimum Gasteiger partial charge on any atom is -0.358 e. The van der Waals surface area contributed by atoms with Gasteiger partial charge in [-0.2, -0.15) is 0 Å². The summed E-state index contributed by atoms with van der Waals surface area (Å²) < 4.78 is 3.05. The van der Waals surface area contributed by atoms with Crippen LogP contribution in [-0.4, -0.2) is 16.6 Å². The fourth-order valence-corrected chi connectivity index (χ4v) is 1.71. The molecule has 1 aromatic carbocycles. The number of hydrogen-bond donors (Lipinski definition) is 1. The first-order valence-electron chi connectivity index (χ1n) is 4.28.